The van der Waals surface area contributed by atoms with Gasteiger partial charge in [-0.05, 0) is 25.1 Å². The van der Waals surface area contributed by atoms with E-state index in [4.69, 9.17) is 26.8 Å². The minimum absolute atomic E-state index is 0.0101. The average molecular weight is 310 g/mol. The SMILES string of the molecule is COc1ccccc1C(Oc1cccc(Cl)c1F)C(C)N. The van der Waals surface area contributed by atoms with Gasteiger partial charge in [-0.15, -0.1) is 0 Å². The van der Waals surface area contributed by atoms with Gasteiger partial charge in [-0.2, -0.15) is 0 Å². The van der Waals surface area contributed by atoms with Gasteiger partial charge in [0.1, 0.15) is 11.9 Å². The van der Waals surface area contributed by atoms with Crippen LogP contribution in [0, 0.1) is 5.82 Å². The molecule has 2 unspecified atom stereocenters. The van der Waals surface area contributed by atoms with E-state index in [1.54, 1.807) is 20.1 Å². The molecule has 0 spiro atoms. The third-order valence-electron chi connectivity index (χ3n) is 3.09. The zero-order chi connectivity index (χ0) is 15.4. The third kappa shape index (κ3) is 3.46. The molecule has 0 bridgehead atoms. The van der Waals surface area contributed by atoms with Crippen molar-refractivity contribution in [1.29, 1.82) is 0 Å². The molecule has 2 N–H and O–H groups in total. The van der Waals surface area contributed by atoms with Crippen molar-refractivity contribution in [2.75, 3.05) is 7.11 Å². The number of ether oxygens (including phenoxy) is 2. The Hall–Kier alpha value is -1.78. The predicted molar refractivity (Wildman–Crippen MR) is 81.4 cm³/mol. The molecule has 0 aliphatic carbocycles. The highest BCUT2D eigenvalue weighted by Crippen LogP contribution is 2.33. The molecule has 5 heteroatoms. The van der Waals surface area contributed by atoms with E-state index in [0.29, 0.717) is 5.75 Å². The van der Waals surface area contributed by atoms with Crippen molar-refractivity contribution < 1.29 is 13.9 Å². The highest BCUT2D eigenvalue weighted by molar-refractivity contribution is 6.30. The minimum atomic E-state index is -0.597. The molecule has 0 radical (unpaired) electrons. The van der Waals surface area contributed by atoms with Gasteiger partial charge in [0.2, 0.25) is 0 Å². The molecule has 0 saturated carbocycles. The third-order valence-corrected chi connectivity index (χ3v) is 3.38. The standard InChI is InChI=1S/C16H17ClFNO2/c1-10(19)16(11-6-3-4-8-13(11)20-2)21-14-9-5-7-12(17)15(14)18/h3-10,16H,19H2,1-2H3. The largest absolute Gasteiger partial charge is 0.496 e. The van der Waals surface area contributed by atoms with Crippen LogP contribution in [0.25, 0.3) is 0 Å². The van der Waals surface area contributed by atoms with Gasteiger partial charge in [-0.3, -0.25) is 0 Å². The summed E-state index contributed by atoms with van der Waals surface area (Å²) in [6.07, 6.45) is -0.547. The number of rotatable bonds is 5. The monoisotopic (exact) mass is 309 g/mol. The van der Waals surface area contributed by atoms with E-state index >= 15 is 0 Å². The van der Waals surface area contributed by atoms with Crippen LogP contribution in [0.4, 0.5) is 4.39 Å². The van der Waals surface area contributed by atoms with Crippen LogP contribution in [0.5, 0.6) is 11.5 Å². The lowest BCUT2D eigenvalue weighted by Gasteiger charge is -2.24. The van der Waals surface area contributed by atoms with Gasteiger partial charge in [0.15, 0.2) is 11.6 Å². The molecule has 2 aromatic carbocycles. The van der Waals surface area contributed by atoms with E-state index in [2.05, 4.69) is 0 Å². The molecule has 2 rings (SSSR count). The zero-order valence-electron chi connectivity index (χ0n) is 11.8. The van der Waals surface area contributed by atoms with Crippen molar-refractivity contribution in [2.24, 2.45) is 5.73 Å². The summed E-state index contributed by atoms with van der Waals surface area (Å²) in [6, 6.07) is 11.6. The summed E-state index contributed by atoms with van der Waals surface area (Å²) in [5.74, 6) is 0.109. The molecular weight excluding hydrogens is 293 g/mol. The van der Waals surface area contributed by atoms with E-state index < -0.39 is 11.9 Å². The van der Waals surface area contributed by atoms with Crippen LogP contribution in [0.15, 0.2) is 42.5 Å². The van der Waals surface area contributed by atoms with Gasteiger partial charge in [-0.25, -0.2) is 4.39 Å². The molecule has 2 atom stereocenters. The van der Waals surface area contributed by atoms with Crippen molar-refractivity contribution in [1.82, 2.24) is 0 Å². The lowest BCUT2D eigenvalue weighted by Crippen LogP contribution is -2.29. The Morgan fingerprint density at radius 3 is 2.43 bits per heavy atom. The summed E-state index contributed by atoms with van der Waals surface area (Å²) < 4.78 is 25.1. The maximum Gasteiger partial charge on any atom is 0.183 e. The summed E-state index contributed by atoms with van der Waals surface area (Å²) in [6.45, 7) is 1.79. The fourth-order valence-corrected chi connectivity index (χ4v) is 2.23. The number of para-hydroxylation sites is 1. The molecular formula is C16H17ClFNO2. The average Bonchev–Trinajstić information content (AvgIpc) is 2.48. The number of hydrogen-bond donors (Lipinski definition) is 1. The molecule has 0 amide bonds. The number of halogens is 2. The fraction of sp³-hybridized carbons (Fsp3) is 0.250. The maximum absolute atomic E-state index is 14.0. The topological polar surface area (TPSA) is 44.5 Å². The van der Waals surface area contributed by atoms with Crippen molar-refractivity contribution >= 4 is 11.6 Å². The van der Waals surface area contributed by atoms with Crippen LogP contribution in [0.1, 0.15) is 18.6 Å². The molecule has 0 aliphatic rings. The quantitative estimate of drug-likeness (QED) is 0.909. The second-order valence-corrected chi connectivity index (χ2v) is 5.10. The Kier molecular flexibility index (Phi) is 5.04. The first-order chi connectivity index (χ1) is 10.0. The number of nitrogens with two attached hydrogens (primary N) is 1. The molecule has 112 valence electrons. The van der Waals surface area contributed by atoms with E-state index in [-0.39, 0.29) is 16.8 Å². The Labute approximate surface area is 128 Å². The van der Waals surface area contributed by atoms with Crippen LogP contribution < -0.4 is 15.2 Å². The van der Waals surface area contributed by atoms with E-state index in [1.807, 2.05) is 24.3 Å². The van der Waals surface area contributed by atoms with E-state index in [1.165, 1.54) is 12.1 Å². The first kappa shape index (κ1) is 15.6. The lowest BCUT2D eigenvalue weighted by molar-refractivity contribution is 0.168. The second-order valence-electron chi connectivity index (χ2n) is 4.69. The number of benzene rings is 2. The Morgan fingerprint density at radius 1 is 1.10 bits per heavy atom. The highest BCUT2D eigenvalue weighted by Gasteiger charge is 2.23. The Bertz CT molecular complexity index is 619. The maximum atomic E-state index is 14.0. The summed E-state index contributed by atoms with van der Waals surface area (Å²) in [4.78, 5) is 0. The highest BCUT2D eigenvalue weighted by atomic mass is 35.5. The molecule has 2 aromatic rings. The number of methoxy groups -OCH3 is 1. The summed E-state index contributed by atoms with van der Waals surface area (Å²) in [5, 5.41) is 0.0101. The van der Waals surface area contributed by atoms with Gasteiger partial charge >= 0.3 is 0 Å². The van der Waals surface area contributed by atoms with Gasteiger partial charge in [-0.1, -0.05) is 35.9 Å². The van der Waals surface area contributed by atoms with Crippen molar-refractivity contribution in [3.05, 3.63) is 58.9 Å². The molecule has 0 fully saturated rings. The van der Waals surface area contributed by atoms with Gasteiger partial charge in [0.05, 0.1) is 12.1 Å². The molecule has 0 aliphatic heterocycles. The minimum Gasteiger partial charge on any atom is -0.496 e. The molecule has 0 saturated heterocycles. The first-order valence-corrected chi connectivity index (χ1v) is 6.91. The van der Waals surface area contributed by atoms with Crippen molar-refractivity contribution in [2.45, 2.75) is 19.1 Å². The van der Waals surface area contributed by atoms with Crippen molar-refractivity contribution in [3.8, 4) is 11.5 Å². The van der Waals surface area contributed by atoms with Crippen LogP contribution in [0.3, 0.4) is 0 Å². The Morgan fingerprint density at radius 2 is 1.76 bits per heavy atom. The summed E-state index contributed by atoms with van der Waals surface area (Å²) in [7, 11) is 1.57. The molecule has 21 heavy (non-hydrogen) atoms. The van der Waals surface area contributed by atoms with Crippen LogP contribution in [-0.2, 0) is 0 Å². The van der Waals surface area contributed by atoms with Crippen LogP contribution >= 0.6 is 11.6 Å². The normalized spacial score (nSPS) is 13.6. The Balaban J connectivity index is 2.38. The summed E-state index contributed by atoms with van der Waals surface area (Å²) in [5.41, 5.74) is 6.75. The van der Waals surface area contributed by atoms with E-state index in [0.717, 1.165) is 5.56 Å². The summed E-state index contributed by atoms with van der Waals surface area (Å²) >= 11 is 5.77. The second kappa shape index (κ2) is 6.78. The molecule has 0 aromatic heterocycles. The van der Waals surface area contributed by atoms with Gasteiger partial charge < -0.3 is 15.2 Å². The zero-order valence-corrected chi connectivity index (χ0v) is 12.6. The van der Waals surface area contributed by atoms with Crippen LogP contribution in [-0.4, -0.2) is 13.2 Å². The fourth-order valence-electron chi connectivity index (χ4n) is 2.07. The molecule has 0 heterocycles. The van der Waals surface area contributed by atoms with Gasteiger partial charge in [0.25, 0.3) is 0 Å². The van der Waals surface area contributed by atoms with Gasteiger partial charge in [0, 0.05) is 11.6 Å². The van der Waals surface area contributed by atoms with Crippen molar-refractivity contribution in [3.63, 3.8) is 0 Å². The first-order valence-electron chi connectivity index (χ1n) is 6.53. The predicted octanol–water partition coefficient (Wildman–Crippen LogP) is 3.96. The van der Waals surface area contributed by atoms with Crippen LogP contribution in [0.2, 0.25) is 5.02 Å². The smallest absolute Gasteiger partial charge is 0.183 e. The number of hydrogen-bond acceptors (Lipinski definition) is 3. The molecule has 3 nitrogen and oxygen atoms in total. The lowest BCUT2D eigenvalue weighted by atomic mass is 10.0. The van der Waals surface area contributed by atoms with E-state index in [9.17, 15) is 4.39 Å².